The highest BCUT2D eigenvalue weighted by Crippen LogP contribution is 2.26. The van der Waals surface area contributed by atoms with Crippen molar-refractivity contribution >= 4 is 22.8 Å². The fourth-order valence-corrected chi connectivity index (χ4v) is 4.66. The van der Waals surface area contributed by atoms with Crippen molar-refractivity contribution in [1.29, 1.82) is 0 Å². The van der Waals surface area contributed by atoms with Crippen LogP contribution < -0.4 is 10.5 Å². The molecule has 1 saturated heterocycles. The third-order valence-corrected chi connectivity index (χ3v) is 6.45. The standard InChI is InChI=1S/C28H39N5O/c1-7-10-21(5)30-24(9-3)20(4)16-25(29-6)26-17-28(34)33-19-23(12-13-27(33)31-26)32-15-14-22(18-32)11-8-2/h10,12-13,16-17,19,22H,7-9,11,14-15,18H2,1-6H3/b20-16+,21-10-,29-25?,30-24+/t22-/m0/s1. The SMILES string of the molecule is CC\C=C(C)/N=C(CC)/C(C)=C/C(=NC)c1cc(=O)n2cc(N3CC[C@H](CCC)C3)ccc2n1. The first-order valence-electron chi connectivity index (χ1n) is 12.6. The van der Waals surface area contributed by atoms with Crippen LogP contribution in [-0.4, -0.2) is 40.9 Å². The number of pyridine rings is 1. The fourth-order valence-electron chi connectivity index (χ4n) is 4.66. The van der Waals surface area contributed by atoms with E-state index in [1.165, 1.54) is 19.3 Å². The van der Waals surface area contributed by atoms with Gasteiger partial charge in [0, 0.05) is 43.8 Å². The first-order chi connectivity index (χ1) is 16.4. The molecule has 0 saturated carbocycles. The van der Waals surface area contributed by atoms with Crippen LogP contribution >= 0.6 is 0 Å². The summed E-state index contributed by atoms with van der Waals surface area (Å²) in [5.41, 5.74) is 5.94. The van der Waals surface area contributed by atoms with Crippen LogP contribution in [0.25, 0.3) is 5.65 Å². The quantitative estimate of drug-likeness (QED) is 0.440. The van der Waals surface area contributed by atoms with Crippen molar-refractivity contribution in [2.75, 3.05) is 25.0 Å². The van der Waals surface area contributed by atoms with Gasteiger partial charge in [0.1, 0.15) is 5.65 Å². The number of aliphatic imine (C=N–C) groups is 2. The maximum absolute atomic E-state index is 13.0. The van der Waals surface area contributed by atoms with Crippen LogP contribution in [0.15, 0.2) is 62.6 Å². The summed E-state index contributed by atoms with van der Waals surface area (Å²) < 4.78 is 1.65. The van der Waals surface area contributed by atoms with Crippen molar-refractivity contribution in [3.05, 3.63) is 63.9 Å². The van der Waals surface area contributed by atoms with Gasteiger partial charge >= 0.3 is 0 Å². The highest BCUT2D eigenvalue weighted by Gasteiger charge is 2.22. The van der Waals surface area contributed by atoms with Gasteiger partial charge in [-0.25, -0.2) is 4.98 Å². The van der Waals surface area contributed by atoms with Gasteiger partial charge in [-0.3, -0.25) is 19.2 Å². The molecule has 182 valence electrons. The zero-order chi connectivity index (χ0) is 24.7. The molecule has 6 heteroatoms. The number of aromatic nitrogens is 2. The number of hydrogen-bond acceptors (Lipinski definition) is 5. The molecular formula is C28H39N5O. The second kappa shape index (κ2) is 11.9. The summed E-state index contributed by atoms with van der Waals surface area (Å²) in [4.78, 5) is 29.4. The van der Waals surface area contributed by atoms with Crippen LogP contribution in [0, 0.1) is 5.92 Å². The van der Waals surface area contributed by atoms with Crippen LogP contribution in [0.3, 0.4) is 0 Å². The third kappa shape index (κ3) is 6.10. The van der Waals surface area contributed by atoms with Crippen LogP contribution in [0.2, 0.25) is 0 Å². The second-order valence-electron chi connectivity index (χ2n) is 9.09. The van der Waals surface area contributed by atoms with Gasteiger partial charge in [0.2, 0.25) is 0 Å². The summed E-state index contributed by atoms with van der Waals surface area (Å²) in [7, 11) is 1.73. The molecule has 0 bridgehead atoms. The van der Waals surface area contributed by atoms with Gasteiger partial charge in [-0.2, -0.15) is 0 Å². The topological polar surface area (TPSA) is 62.3 Å². The number of allylic oxidation sites excluding steroid dienone is 4. The lowest BCUT2D eigenvalue weighted by atomic mass is 10.0. The molecule has 6 nitrogen and oxygen atoms in total. The number of anilines is 1. The van der Waals surface area contributed by atoms with E-state index in [-0.39, 0.29) is 5.56 Å². The Balaban J connectivity index is 1.91. The first-order valence-corrected chi connectivity index (χ1v) is 12.6. The number of hydrogen-bond donors (Lipinski definition) is 0. The molecule has 3 rings (SSSR count). The zero-order valence-electron chi connectivity index (χ0n) is 21.6. The van der Waals surface area contributed by atoms with Crippen molar-refractivity contribution < 1.29 is 0 Å². The molecule has 2 aromatic heterocycles. The van der Waals surface area contributed by atoms with Crippen LogP contribution in [-0.2, 0) is 0 Å². The van der Waals surface area contributed by atoms with E-state index in [0.29, 0.717) is 17.1 Å². The normalized spacial score (nSPS) is 18.3. The minimum absolute atomic E-state index is 0.0931. The van der Waals surface area contributed by atoms with Crippen molar-refractivity contribution in [2.45, 2.75) is 66.7 Å². The van der Waals surface area contributed by atoms with Gasteiger partial charge in [0.05, 0.1) is 17.1 Å². The molecule has 0 amide bonds. The maximum Gasteiger partial charge on any atom is 0.258 e. The Hall–Kier alpha value is -3.02. The molecule has 34 heavy (non-hydrogen) atoms. The van der Waals surface area contributed by atoms with Crippen LogP contribution in [0.1, 0.15) is 72.4 Å². The molecule has 0 aromatic carbocycles. The van der Waals surface area contributed by atoms with Crippen LogP contribution in [0.4, 0.5) is 5.69 Å². The fraction of sp³-hybridized carbons (Fsp3) is 0.500. The lowest BCUT2D eigenvalue weighted by Gasteiger charge is -2.19. The molecular weight excluding hydrogens is 422 g/mol. The monoisotopic (exact) mass is 461 g/mol. The Bertz CT molecular complexity index is 1180. The van der Waals surface area contributed by atoms with E-state index >= 15 is 0 Å². The predicted molar refractivity (Wildman–Crippen MR) is 145 cm³/mol. The summed E-state index contributed by atoms with van der Waals surface area (Å²) in [6.45, 7) is 12.6. The average molecular weight is 462 g/mol. The van der Waals surface area contributed by atoms with Gasteiger partial charge in [-0.15, -0.1) is 0 Å². The highest BCUT2D eigenvalue weighted by atomic mass is 16.1. The second-order valence-corrected chi connectivity index (χ2v) is 9.09. The van der Waals surface area contributed by atoms with Crippen LogP contribution in [0.5, 0.6) is 0 Å². The Morgan fingerprint density at radius 3 is 2.71 bits per heavy atom. The molecule has 1 fully saturated rings. The maximum atomic E-state index is 13.0. The smallest absolute Gasteiger partial charge is 0.258 e. The van der Waals surface area contributed by atoms with E-state index in [4.69, 9.17) is 9.98 Å². The summed E-state index contributed by atoms with van der Waals surface area (Å²) in [6, 6.07) is 5.60. The van der Waals surface area contributed by atoms with E-state index in [0.717, 1.165) is 54.5 Å². The molecule has 1 aliphatic rings. The highest BCUT2D eigenvalue weighted by molar-refractivity contribution is 6.13. The Kier molecular flexibility index (Phi) is 8.97. The lowest BCUT2D eigenvalue weighted by Crippen LogP contribution is -2.23. The van der Waals surface area contributed by atoms with Gasteiger partial charge in [0.15, 0.2) is 0 Å². The number of fused-ring (bicyclic) bond motifs is 1. The van der Waals surface area contributed by atoms with Gasteiger partial charge < -0.3 is 4.90 Å². The summed E-state index contributed by atoms with van der Waals surface area (Å²) in [6.07, 6.45) is 11.5. The molecule has 0 N–H and O–H groups in total. The van der Waals surface area contributed by atoms with Gasteiger partial charge in [-0.05, 0) is 69.2 Å². The number of rotatable bonds is 9. The first kappa shape index (κ1) is 25.6. The minimum atomic E-state index is -0.0931. The summed E-state index contributed by atoms with van der Waals surface area (Å²) in [5, 5.41) is 0. The Morgan fingerprint density at radius 2 is 2.03 bits per heavy atom. The van der Waals surface area contributed by atoms with Crippen molar-refractivity contribution in [1.82, 2.24) is 9.38 Å². The molecule has 3 heterocycles. The number of nitrogens with zero attached hydrogens (tertiary/aromatic N) is 5. The van der Waals surface area contributed by atoms with Crippen molar-refractivity contribution in [2.24, 2.45) is 15.9 Å². The molecule has 0 spiro atoms. The molecule has 2 aromatic rings. The van der Waals surface area contributed by atoms with E-state index in [1.807, 2.05) is 32.2 Å². The average Bonchev–Trinajstić information content (AvgIpc) is 3.29. The lowest BCUT2D eigenvalue weighted by molar-refractivity contribution is 0.530. The summed E-state index contributed by atoms with van der Waals surface area (Å²) >= 11 is 0. The third-order valence-electron chi connectivity index (χ3n) is 6.45. The van der Waals surface area contributed by atoms with Gasteiger partial charge in [-0.1, -0.05) is 33.3 Å². The molecule has 0 aliphatic carbocycles. The molecule has 0 radical (unpaired) electrons. The van der Waals surface area contributed by atoms with Crippen molar-refractivity contribution in [3.63, 3.8) is 0 Å². The predicted octanol–water partition coefficient (Wildman–Crippen LogP) is 5.85. The van der Waals surface area contributed by atoms with E-state index in [9.17, 15) is 4.79 Å². The van der Waals surface area contributed by atoms with E-state index in [1.54, 1.807) is 17.5 Å². The minimum Gasteiger partial charge on any atom is -0.370 e. The van der Waals surface area contributed by atoms with E-state index in [2.05, 4.69) is 42.8 Å². The molecule has 1 atom stereocenters. The molecule has 0 unspecified atom stereocenters. The Morgan fingerprint density at radius 1 is 1.24 bits per heavy atom. The molecule has 1 aliphatic heterocycles. The van der Waals surface area contributed by atoms with Crippen molar-refractivity contribution in [3.8, 4) is 0 Å². The summed E-state index contributed by atoms with van der Waals surface area (Å²) in [5.74, 6) is 0.745. The largest absolute Gasteiger partial charge is 0.370 e. The Labute approximate surface area is 203 Å². The zero-order valence-corrected chi connectivity index (χ0v) is 21.6. The van der Waals surface area contributed by atoms with Gasteiger partial charge in [0.25, 0.3) is 5.56 Å². The van der Waals surface area contributed by atoms with E-state index < -0.39 is 0 Å².